The SMILES string of the molecule is O=C(c1ccc(C2CCCCC2)c(C2CCCCC2)c1)C(F)(F)C(F)(F)F. The van der Waals surface area contributed by atoms with Gasteiger partial charge < -0.3 is 0 Å². The molecule has 0 heterocycles. The minimum absolute atomic E-state index is 0.142. The summed E-state index contributed by atoms with van der Waals surface area (Å²) in [5.41, 5.74) is 1.34. The number of alkyl halides is 5. The molecule has 1 aromatic rings. The van der Waals surface area contributed by atoms with E-state index >= 15 is 0 Å². The molecule has 0 spiro atoms. The zero-order valence-electron chi connectivity index (χ0n) is 15.3. The Kier molecular flexibility index (Phi) is 5.92. The highest BCUT2D eigenvalue weighted by Crippen LogP contribution is 2.43. The highest BCUT2D eigenvalue weighted by molar-refractivity contribution is 6.02. The van der Waals surface area contributed by atoms with Crippen molar-refractivity contribution >= 4 is 5.78 Å². The summed E-state index contributed by atoms with van der Waals surface area (Å²) in [4.78, 5) is 12.0. The summed E-state index contributed by atoms with van der Waals surface area (Å²) in [7, 11) is 0. The minimum Gasteiger partial charge on any atom is -0.287 e. The number of halogens is 5. The molecule has 1 aromatic carbocycles. The number of benzene rings is 1. The van der Waals surface area contributed by atoms with E-state index < -0.39 is 23.4 Å². The molecule has 6 heteroatoms. The van der Waals surface area contributed by atoms with Crippen LogP contribution in [0.3, 0.4) is 0 Å². The van der Waals surface area contributed by atoms with E-state index in [-0.39, 0.29) is 5.92 Å². The standard InChI is InChI=1S/C21H25F5O/c22-20(23,21(24,25)26)19(27)16-11-12-17(14-7-3-1-4-8-14)18(13-16)15-9-5-2-6-10-15/h11-15H,1-10H2. The molecule has 1 nitrogen and oxygen atoms in total. The fourth-order valence-electron chi connectivity index (χ4n) is 4.58. The minimum atomic E-state index is -5.88. The maximum atomic E-state index is 13.6. The fraction of sp³-hybridized carbons (Fsp3) is 0.667. The Morgan fingerprint density at radius 1 is 0.741 bits per heavy atom. The summed E-state index contributed by atoms with van der Waals surface area (Å²) in [5, 5.41) is 0. The van der Waals surface area contributed by atoms with Crippen LogP contribution in [0.4, 0.5) is 22.0 Å². The third-order valence-corrected chi connectivity index (χ3v) is 6.08. The Morgan fingerprint density at radius 3 is 1.70 bits per heavy atom. The molecular formula is C21H25F5O. The van der Waals surface area contributed by atoms with Crippen LogP contribution in [0.1, 0.15) is 97.5 Å². The lowest BCUT2D eigenvalue weighted by Gasteiger charge is -2.30. The van der Waals surface area contributed by atoms with Gasteiger partial charge >= 0.3 is 12.1 Å². The molecule has 0 bridgehead atoms. The second-order valence-corrected chi connectivity index (χ2v) is 7.91. The Labute approximate surface area is 156 Å². The summed E-state index contributed by atoms with van der Waals surface area (Å²) in [6.07, 6.45) is 4.44. The van der Waals surface area contributed by atoms with E-state index in [0.29, 0.717) is 5.92 Å². The molecule has 0 atom stereocenters. The van der Waals surface area contributed by atoms with Crippen LogP contribution in [-0.2, 0) is 0 Å². The lowest BCUT2D eigenvalue weighted by atomic mass is 9.75. The average molecular weight is 388 g/mol. The van der Waals surface area contributed by atoms with Gasteiger partial charge in [-0.3, -0.25) is 4.79 Å². The van der Waals surface area contributed by atoms with Crippen molar-refractivity contribution < 1.29 is 26.7 Å². The molecule has 0 unspecified atom stereocenters. The first-order chi connectivity index (χ1) is 12.7. The molecule has 0 saturated heterocycles. The van der Waals surface area contributed by atoms with Crippen LogP contribution in [0.5, 0.6) is 0 Å². The van der Waals surface area contributed by atoms with Crippen molar-refractivity contribution in [2.75, 3.05) is 0 Å². The molecule has 2 aliphatic rings. The largest absolute Gasteiger partial charge is 0.461 e. The average Bonchev–Trinajstić information content (AvgIpc) is 2.67. The zero-order chi connectivity index (χ0) is 19.7. The van der Waals surface area contributed by atoms with Gasteiger partial charge in [0.15, 0.2) is 0 Å². The molecule has 2 fully saturated rings. The lowest BCUT2D eigenvalue weighted by molar-refractivity contribution is -0.255. The topological polar surface area (TPSA) is 17.1 Å². The second-order valence-electron chi connectivity index (χ2n) is 7.91. The molecule has 0 amide bonds. The van der Waals surface area contributed by atoms with E-state index in [1.165, 1.54) is 12.5 Å². The zero-order valence-corrected chi connectivity index (χ0v) is 15.3. The lowest BCUT2D eigenvalue weighted by Crippen LogP contribution is -2.44. The molecular weight excluding hydrogens is 363 g/mol. The van der Waals surface area contributed by atoms with Gasteiger partial charge in [0.1, 0.15) is 0 Å². The number of rotatable bonds is 4. The van der Waals surface area contributed by atoms with Crippen LogP contribution >= 0.6 is 0 Å². The van der Waals surface area contributed by atoms with E-state index in [9.17, 15) is 26.7 Å². The molecule has 150 valence electrons. The van der Waals surface area contributed by atoms with Gasteiger partial charge in [0, 0.05) is 5.56 Å². The summed E-state index contributed by atoms with van der Waals surface area (Å²) in [6, 6.07) is 4.14. The Morgan fingerprint density at radius 2 is 1.22 bits per heavy atom. The van der Waals surface area contributed by atoms with Gasteiger partial charge in [-0.15, -0.1) is 0 Å². The van der Waals surface area contributed by atoms with Gasteiger partial charge in [-0.05, 0) is 54.7 Å². The second kappa shape index (κ2) is 7.88. The summed E-state index contributed by atoms with van der Waals surface area (Å²) in [5.74, 6) is -7.06. The summed E-state index contributed by atoms with van der Waals surface area (Å²) in [6.45, 7) is 0. The van der Waals surface area contributed by atoms with Gasteiger partial charge in [0.05, 0.1) is 0 Å². The van der Waals surface area contributed by atoms with Crippen molar-refractivity contribution in [2.24, 2.45) is 0 Å². The van der Waals surface area contributed by atoms with E-state index in [1.807, 2.05) is 0 Å². The van der Waals surface area contributed by atoms with Gasteiger partial charge in [0.2, 0.25) is 5.78 Å². The molecule has 3 rings (SSSR count). The van der Waals surface area contributed by atoms with E-state index in [0.717, 1.165) is 75.0 Å². The van der Waals surface area contributed by atoms with Gasteiger partial charge in [-0.25, -0.2) is 0 Å². The van der Waals surface area contributed by atoms with E-state index in [4.69, 9.17) is 0 Å². The Balaban J connectivity index is 1.98. The maximum absolute atomic E-state index is 13.6. The maximum Gasteiger partial charge on any atom is 0.461 e. The van der Waals surface area contributed by atoms with E-state index in [1.54, 1.807) is 6.07 Å². The predicted molar refractivity (Wildman–Crippen MR) is 93.4 cm³/mol. The smallest absolute Gasteiger partial charge is 0.287 e. The van der Waals surface area contributed by atoms with Crippen molar-refractivity contribution in [3.63, 3.8) is 0 Å². The quantitative estimate of drug-likeness (QED) is 0.395. The molecule has 0 aromatic heterocycles. The Hall–Kier alpha value is -1.46. The van der Waals surface area contributed by atoms with Crippen LogP contribution in [-0.4, -0.2) is 17.9 Å². The van der Waals surface area contributed by atoms with Crippen molar-refractivity contribution in [2.45, 2.75) is 88.1 Å². The molecule has 27 heavy (non-hydrogen) atoms. The summed E-state index contributed by atoms with van der Waals surface area (Å²) >= 11 is 0. The van der Waals surface area contributed by atoms with Crippen LogP contribution in [0.15, 0.2) is 18.2 Å². The van der Waals surface area contributed by atoms with E-state index in [2.05, 4.69) is 0 Å². The molecule has 2 aliphatic carbocycles. The highest BCUT2D eigenvalue weighted by atomic mass is 19.4. The van der Waals surface area contributed by atoms with Crippen molar-refractivity contribution in [1.29, 1.82) is 0 Å². The number of carbonyl (C=O) groups is 1. The normalized spacial score (nSPS) is 20.6. The van der Waals surface area contributed by atoms with Gasteiger partial charge in [0.25, 0.3) is 0 Å². The van der Waals surface area contributed by atoms with Crippen LogP contribution < -0.4 is 0 Å². The molecule has 0 aliphatic heterocycles. The van der Waals surface area contributed by atoms with Gasteiger partial charge in [-0.2, -0.15) is 22.0 Å². The van der Waals surface area contributed by atoms with Crippen molar-refractivity contribution in [3.05, 3.63) is 34.9 Å². The number of hydrogen-bond acceptors (Lipinski definition) is 1. The van der Waals surface area contributed by atoms with Crippen LogP contribution in [0.2, 0.25) is 0 Å². The molecule has 0 radical (unpaired) electrons. The molecule has 2 saturated carbocycles. The summed E-state index contributed by atoms with van der Waals surface area (Å²) < 4.78 is 65.0. The first-order valence-corrected chi connectivity index (χ1v) is 9.85. The third kappa shape index (κ3) is 4.19. The Bertz CT molecular complexity index is 668. The fourth-order valence-corrected chi connectivity index (χ4v) is 4.58. The first kappa shape index (κ1) is 20.3. The highest BCUT2D eigenvalue weighted by Gasteiger charge is 2.63. The van der Waals surface area contributed by atoms with Crippen molar-refractivity contribution in [3.8, 4) is 0 Å². The van der Waals surface area contributed by atoms with Gasteiger partial charge in [-0.1, -0.05) is 50.7 Å². The van der Waals surface area contributed by atoms with Crippen LogP contribution in [0.25, 0.3) is 0 Å². The van der Waals surface area contributed by atoms with Crippen molar-refractivity contribution in [1.82, 2.24) is 0 Å². The monoisotopic (exact) mass is 388 g/mol. The number of hydrogen-bond donors (Lipinski definition) is 0. The third-order valence-electron chi connectivity index (χ3n) is 6.08. The number of Topliss-reactive ketones (excluding diaryl/α,β-unsaturated/α-hetero) is 1. The number of carbonyl (C=O) groups excluding carboxylic acids is 1. The van der Waals surface area contributed by atoms with Crippen LogP contribution in [0, 0.1) is 0 Å². The predicted octanol–water partition coefficient (Wildman–Crippen LogP) is 7.16. The molecule has 0 N–H and O–H groups in total. The first-order valence-electron chi connectivity index (χ1n) is 9.85. The number of ketones is 1.